The number of rotatable bonds is 5. The molecule has 0 radical (unpaired) electrons. The van der Waals surface area contributed by atoms with E-state index in [4.69, 9.17) is 0 Å². The lowest BCUT2D eigenvalue weighted by Crippen LogP contribution is -2.01. The van der Waals surface area contributed by atoms with Gasteiger partial charge < -0.3 is 9.88 Å². The lowest BCUT2D eigenvalue weighted by molar-refractivity contribution is 0.832. The molecule has 0 amide bonds. The zero-order valence-corrected chi connectivity index (χ0v) is 11.5. The molecule has 0 saturated carbocycles. The number of nitrogens with zero attached hydrogens (tertiary/aromatic N) is 2. The van der Waals surface area contributed by atoms with Crippen molar-refractivity contribution in [1.82, 2.24) is 9.55 Å². The number of aryl methyl sites for hydroxylation is 1. The third kappa shape index (κ3) is 2.96. The first-order valence-corrected chi connectivity index (χ1v) is 7.01. The number of imidazole rings is 1. The van der Waals surface area contributed by atoms with E-state index in [1.54, 1.807) is 11.8 Å². The van der Waals surface area contributed by atoms with Crippen molar-refractivity contribution in [3.05, 3.63) is 48.8 Å². The van der Waals surface area contributed by atoms with Crippen molar-refractivity contribution in [2.45, 2.75) is 18.4 Å². The zero-order chi connectivity index (χ0) is 13.0. The Hall–Kier alpha value is -1.68. The Balaban J connectivity index is 2.24. The van der Waals surface area contributed by atoms with Gasteiger partial charge >= 0.3 is 0 Å². The second kappa shape index (κ2) is 5.78. The van der Waals surface area contributed by atoms with Gasteiger partial charge in [0.15, 0.2) is 0 Å². The van der Waals surface area contributed by atoms with Crippen LogP contribution in [0.4, 0.5) is 11.6 Å². The average Bonchev–Trinajstić information content (AvgIpc) is 2.70. The summed E-state index contributed by atoms with van der Waals surface area (Å²) in [7, 11) is 0. The summed E-state index contributed by atoms with van der Waals surface area (Å²) in [4.78, 5) is 5.71. The predicted octanol–water partition coefficient (Wildman–Crippen LogP) is 3.84. The fourth-order valence-electron chi connectivity index (χ4n) is 1.75. The molecule has 18 heavy (non-hydrogen) atoms. The van der Waals surface area contributed by atoms with Gasteiger partial charge in [0, 0.05) is 23.3 Å². The van der Waals surface area contributed by atoms with Crippen LogP contribution in [-0.4, -0.2) is 15.8 Å². The van der Waals surface area contributed by atoms with Gasteiger partial charge in [-0.2, -0.15) is 0 Å². The number of thioether (sulfide) groups is 1. The molecule has 0 aliphatic rings. The summed E-state index contributed by atoms with van der Waals surface area (Å²) in [5, 5.41) is 3.34. The van der Waals surface area contributed by atoms with Crippen LogP contribution in [0.25, 0.3) is 0 Å². The first kappa shape index (κ1) is 12.8. The van der Waals surface area contributed by atoms with Crippen LogP contribution < -0.4 is 5.32 Å². The van der Waals surface area contributed by atoms with Gasteiger partial charge in [0.2, 0.25) is 5.95 Å². The van der Waals surface area contributed by atoms with Crippen molar-refractivity contribution in [3.63, 3.8) is 0 Å². The lowest BCUT2D eigenvalue weighted by atomic mass is 10.3. The molecule has 4 heteroatoms. The van der Waals surface area contributed by atoms with Crippen molar-refractivity contribution in [1.29, 1.82) is 0 Å². The van der Waals surface area contributed by atoms with Gasteiger partial charge in [0.1, 0.15) is 0 Å². The highest BCUT2D eigenvalue weighted by molar-refractivity contribution is 7.98. The molecule has 3 nitrogen and oxygen atoms in total. The lowest BCUT2D eigenvalue weighted by Gasteiger charge is -2.08. The third-order valence-electron chi connectivity index (χ3n) is 2.55. The number of anilines is 2. The molecule has 1 N–H and O–H groups in total. The highest BCUT2D eigenvalue weighted by Crippen LogP contribution is 2.22. The summed E-state index contributed by atoms with van der Waals surface area (Å²) in [6, 6.07) is 8.30. The van der Waals surface area contributed by atoms with E-state index in [0.717, 1.165) is 23.9 Å². The molecule has 2 rings (SSSR count). The highest BCUT2D eigenvalue weighted by atomic mass is 32.2. The molecule has 1 aromatic carbocycles. The Morgan fingerprint density at radius 3 is 3.06 bits per heavy atom. The van der Waals surface area contributed by atoms with Gasteiger partial charge in [0.05, 0.1) is 5.69 Å². The summed E-state index contributed by atoms with van der Waals surface area (Å²) in [5.41, 5.74) is 2.05. The van der Waals surface area contributed by atoms with E-state index >= 15 is 0 Å². The normalized spacial score (nSPS) is 10.3. The molecule has 1 aromatic heterocycles. The van der Waals surface area contributed by atoms with Gasteiger partial charge in [0.25, 0.3) is 0 Å². The topological polar surface area (TPSA) is 29.9 Å². The Morgan fingerprint density at radius 1 is 1.50 bits per heavy atom. The zero-order valence-electron chi connectivity index (χ0n) is 10.7. The predicted molar refractivity (Wildman–Crippen MR) is 78.7 cm³/mol. The maximum atomic E-state index is 4.48. The molecule has 0 aliphatic carbocycles. The minimum Gasteiger partial charge on any atom is -0.326 e. The summed E-state index contributed by atoms with van der Waals surface area (Å²) < 4.78 is 2.05. The number of benzene rings is 1. The maximum Gasteiger partial charge on any atom is 0.207 e. The monoisotopic (exact) mass is 259 g/mol. The molecule has 2 aromatic rings. The van der Waals surface area contributed by atoms with E-state index in [1.165, 1.54) is 4.90 Å². The van der Waals surface area contributed by atoms with E-state index in [1.807, 2.05) is 35.9 Å². The second-order valence-corrected chi connectivity index (χ2v) is 4.88. The molecule has 0 atom stereocenters. The standard InChI is InChI=1S/C14H17N3S/c1-4-8-17-10-11(2)15-14(17)16-12-6-5-7-13(9-12)18-3/h4-7,9-10H,1,8H2,2-3H3,(H,15,16). The van der Waals surface area contributed by atoms with Gasteiger partial charge in [-0.25, -0.2) is 4.98 Å². The Labute approximate surface area is 112 Å². The summed E-state index contributed by atoms with van der Waals surface area (Å²) in [6.07, 6.45) is 5.95. The van der Waals surface area contributed by atoms with Crippen LogP contribution in [0.15, 0.2) is 48.0 Å². The van der Waals surface area contributed by atoms with Crippen molar-refractivity contribution < 1.29 is 0 Å². The van der Waals surface area contributed by atoms with E-state index in [2.05, 4.69) is 35.3 Å². The maximum absolute atomic E-state index is 4.48. The minimum atomic E-state index is 0.755. The highest BCUT2D eigenvalue weighted by Gasteiger charge is 2.04. The molecule has 1 heterocycles. The molecular formula is C14H17N3S. The van der Waals surface area contributed by atoms with E-state index < -0.39 is 0 Å². The minimum absolute atomic E-state index is 0.755. The van der Waals surface area contributed by atoms with Crippen molar-refractivity contribution in [2.24, 2.45) is 0 Å². The van der Waals surface area contributed by atoms with Crippen LogP contribution in [0.5, 0.6) is 0 Å². The second-order valence-electron chi connectivity index (χ2n) is 4.00. The molecule has 0 spiro atoms. The number of aromatic nitrogens is 2. The van der Waals surface area contributed by atoms with E-state index in [9.17, 15) is 0 Å². The quantitative estimate of drug-likeness (QED) is 0.653. The fourth-order valence-corrected chi connectivity index (χ4v) is 2.21. The van der Waals surface area contributed by atoms with Crippen molar-refractivity contribution in [3.8, 4) is 0 Å². The summed E-state index contributed by atoms with van der Waals surface area (Å²) in [5.74, 6) is 0.852. The number of hydrogen-bond acceptors (Lipinski definition) is 3. The Bertz CT molecular complexity index is 546. The van der Waals surface area contributed by atoms with Crippen LogP contribution >= 0.6 is 11.8 Å². The van der Waals surface area contributed by atoms with Crippen LogP contribution in [-0.2, 0) is 6.54 Å². The fraction of sp³-hybridized carbons (Fsp3) is 0.214. The molecule has 0 fully saturated rings. The van der Waals surface area contributed by atoms with Crippen LogP contribution in [0, 0.1) is 6.92 Å². The van der Waals surface area contributed by atoms with Crippen LogP contribution in [0.1, 0.15) is 5.69 Å². The molecule has 0 unspecified atom stereocenters. The molecular weight excluding hydrogens is 242 g/mol. The third-order valence-corrected chi connectivity index (χ3v) is 3.27. The number of nitrogens with one attached hydrogen (secondary N) is 1. The van der Waals surface area contributed by atoms with Crippen LogP contribution in [0.2, 0.25) is 0 Å². The Morgan fingerprint density at radius 2 is 2.33 bits per heavy atom. The Kier molecular flexibility index (Phi) is 4.10. The van der Waals surface area contributed by atoms with Crippen molar-refractivity contribution >= 4 is 23.4 Å². The molecule has 0 saturated heterocycles. The molecule has 94 valence electrons. The van der Waals surface area contributed by atoms with Gasteiger partial charge in [-0.05, 0) is 31.4 Å². The largest absolute Gasteiger partial charge is 0.326 e. The van der Waals surface area contributed by atoms with Gasteiger partial charge in [-0.15, -0.1) is 18.3 Å². The number of hydrogen-bond donors (Lipinski definition) is 1. The van der Waals surface area contributed by atoms with Crippen LogP contribution in [0.3, 0.4) is 0 Å². The first-order valence-electron chi connectivity index (χ1n) is 5.78. The van der Waals surface area contributed by atoms with E-state index in [-0.39, 0.29) is 0 Å². The average molecular weight is 259 g/mol. The first-order chi connectivity index (χ1) is 8.72. The summed E-state index contributed by atoms with van der Waals surface area (Å²) in [6.45, 7) is 6.51. The number of allylic oxidation sites excluding steroid dienone is 1. The molecule has 0 bridgehead atoms. The summed E-state index contributed by atoms with van der Waals surface area (Å²) >= 11 is 1.73. The smallest absolute Gasteiger partial charge is 0.207 e. The SMILES string of the molecule is C=CCn1cc(C)nc1Nc1cccc(SC)c1. The van der Waals surface area contributed by atoms with Gasteiger partial charge in [-0.3, -0.25) is 0 Å². The van der Waals surface area contributed by atoms with Crippen molar-refractivity contribution in [2.75, 3.05) is 11.6 Å². The molecule has 0 aliphatic heterocycles. The van der Waals surface area contributed by atoms with Gasteiger partial charge in [-0.1, -0.05) is 12.1 Å². The van der Waals surface area contributed by atoms with E-state index in [0.29, 0.717) is 0 Å².